The Morgan fingerprint density at radius 2 is 1.63 bits per heavy atom. The normalized spacial score (nSPS) is 15.4. The van der Waals surface area contributed by atoms with Gasteiger partial charge in [-0.15, -0.1) is 0 Å². The molecule has 1 aliphatic rings. The minimum Gasteiger partial charge on any atom is -0.497 e. The number of carbonyl (C=O) groups is 3. The van der Waals surface area contributed by atoms with Gasteiger partial charge in [-0.05, 0) is 51.1 Å². The highest BCUT2D eigenvalue weighted by Gasteiger charge is 2.36. The molecule has 2 N–H and O–H groups in total. The number of amides is 3. The molecule has 2 aromatic carbocycles. The Balaban J connectivity index is 1.74. The summed E-state index contributed by atoms with van der Waals surface area (Å²) in [6, 6.07) is 9.99. The molecule has 10 nitrogen and oxygen atoms in total. The first-order valence-corrected chi connectivity index (χ1v) is 11.1. The van der Waals surface area contributed by atoms with E-state index in [0.717, 1.165) is 0 Å². The fourth-order valence-electron chi connectivity index (χ4n) is 3.67. The molecule has 35 heavy (non-hydrogen) atoms. The monoisotopic (exact) mass is 485 g/mol. The van der Waals surface area contributed by atoms with Gasteiger partial charge in [0.25, 0.3) is 0 Å². The Labute approximate surface area is 204 Å². The number of anilines is 3. The van der Waals surface area contributed by atoms with E-state index < -0.39 is 17.6 Å². The number of nitrogens with one attached hydrogen (secondary N) is 2. The lowest BCUT2D eigenvalue weighted by atomic mass is 10.1. The molecule has 10 heteroatoms. The molecule has 1 saturated heterocycles. The van der Waals surface area contributed by atoms with Gasteiger partial charge in [-0.2, -0.15) is 0 Å². The highest BCUT2D eigenvalue weighted by atomic mass is 16.6. The molecule has 0 bridgehead atoms. The maximum atomic E-state index is 13.0. The molecule has 1 aliphatic heterocycles. The molecule has 0 aliphatic carbocycles. The van der Waals surface area contributed by atoms with Crippen LogP contribution < -0.4 is 29.7 Å². The van der Waals surface area contributed by atoms with Crippen LogP contribution in [-0.4, -0.2) is 51.4 Å². The van der Waals surface area contributed by atoms with Crippen LogP contribution in [0.15, 0.2) is 36.4 Å². The molecule has 1 heterocycles. The van der Waals surface area contributed by atoms with Crippen molar-refractivity contribution in [2.45, 2.75) is 32.8 Å². The standard InChI is InChI=1S/C25H31N3O7/c1-25(2,3)35-24(31)27-18-12-16(7-9-20(18)33-5)26-23(30)15-11-22(29)28(14-15)19-13-17(32-4)8-10-21(19)34-6/h7-10,12-13,15H,11,14H2,1-6H3,(H,26,30)(H,27,31). The van der Waals surface area contributed by atoms with Gasteiger partial charge in [0.2, 0.25) is 11.8 Å². The van der Waals surface area contributed by atoms with Crippen LogP contribution >= 0.6 is 0 Å². The summed E-state index contributed by atoms with van der Waals surface area (Å²) in [5.41, 5.74) is 0.645. The first-order valence-electron chi connectivity index (χ1n) is 11.1. The molecule has 1 fully saturated rings. The summed E-state index contributed by atoms with van der Waals surface area (Å²) in [5.74, 6) is 0.386. The van der Waals surface area contributed by atoms with Crippen molar-refractivity contribution in [1.82, 2.24) is 0 Å². The van der Waals surface area contributed by atoms with E-state index in [9.17, 15) is 14.4 Å². The van der Waals surface area contributed by atoms with E-state index in [4.69, 9.17) is 18.9 Å². The molecule has 2 aromatic rings. The van der Waals surface area contributed by atoms with Gasteiger partial charge in [-0.1, -0.05) is 0 Å². The third kappa shape index (κ3) is 6.34. The molecule has 3 amide bonds. The van der Waals surface area contributed by atoms with Crippen LogP contribution in [0.5, 0.6) is 17.2 Å². The number of rotatable bonds is 7. The van der Waals surface area contributed by atoms with E-state index in [2.05, 4.69) is 10.6 Å². The lowest BCUT2D eigenvalue weighted by Gasteiger charge is -2.21. The van der Waals surface area contributed by atoms with Crippen LogP contribution in [0.25, 0.3) is 0 Å². The largest absolute Gasteiger partial charge is 0.497 e. The SMILES string of the molecule is COc1ccc(OC)c(N2CC(C(=O)Nc3ccc(OC)c(NC(=O)OC(C)(C)C)c3)CC2=O)c1. The van der Waals surface area contributed by atoms with Crippen LogP contribution in [0.4, 0.5) is 21.9 Å². The van der Waals surface area contributed by atoms with E-state index in [1.165, 1.54) is 26.2 Å². The molecular weight excluding hydrogens is 454 g/mol. The minimum atomic E-state index is -0.671. The number of hydrogen-bond donors (Lipinski definition) is 2. The van der Waals surface area contributed by atoms with E-state index in [0.29, 0.717) is 34.3 Å². The first kappa shape index (κ1) is 25.7. The second kappa shape index (κ2) is 10.5. The lowest BCUT2D eigenvalue weighted by Crippen LogP contribution is -2.28. The maximum absolute atomic E-state index is 13.0. The van der Waals surface area contributed by atoms with Crippen molar-refractivity contribution in [3.8, 4) is 17.2 Å². The van der Waals surface area contributed by atoms with Gasteiger partial charge in [0, 0.05) is 24.7 Å². The van der Waals surface area contributed by atoms with Crippen LogP contribution in [-0.2, 0) is 14.3 Å². The number of ether oxygens (including phenoxy) is 4. The number of methoxy groups -OCH3 is 3. The average molecular weight is 486 g/mol. The van der Waals surface area contributed by atoms with Crippen LogP contribution in [0.2, 0.25) is 0 Å². The number of nitrogens with zero attached hydrogens (tertiary/aromatic N) is 1. The molecular formula is C25H31N3O7. The van der Waals surface area contributed by atoms with Crippen molar-refractivity contribution in [3.05, 3.63) is 36.4 Å². The fourth-order valence-corrected chi connectivity index (χ4v) is 3.67. The second-order valence-corrected chi connectivity index (χ2v) is 8.97. The number of carbonyl (C=O) groups excluding carboxylic acids is 3. The fraction of sp³-hybridized carbons (Fsp3) is 0.400. The van der Waals surface area contributed by atoms with Gasteiger partial charge >= 0.3 is 6.09 Å². The van der Waals surface area contributed by atoms with Crippen molar-refractivity contribution in [1.29, 1.82) is 0 Å². The zero-order valence-corrected chi connectivity index (χ0v) is 20.8. The summed E-state index contributed by atoms with van der Waals surface area (Å²) >= 11 is 0. The van der Waals surface area contributed by atoms with Crippen molar-refractivity contribution < 1.29 is 33.3 Å². The molecule has 188 valence electrons. The lowest BCUT2D eigenvalue weighted by molar-refractivity contribution is -0.122. The Bertz CT molecular complexity index is 1110. The van der Waals surface area contributed by atoms with E-state index in [1.54, 1.807) is 57.2 Å². The Kier molecular flexibility index (Phi) is 7.73. The predicted molar refractivity (Wildman–Crippen MR) is 131 cm³/mol. The summed E-state index contributed by atoms with van der Waals surface area (Å²) in [5, 5.41) is 5.45. The molecule has 0 radical (unpaired) electrons. The smallest absolute Gasteiger partial charge is 0.412 e. The van der Waals surface area contributed by atoms with Crippen LogP contribution in [0, 0.1) is 5.92 Å². The highest BCUT2D eigenvalue weighted by Crippen LogP contribution is 2.36. The molecule has 0 aromatic heterocycles. The van der Waals surface area contributed by atoms with Gasteiger partial charge in [-0.3, -0.25) is 14.9 Å². The van der Waals surface area contributed by atoms with Crippen molar-refractivity contribution in [2.75, 3.05) is 43.4 Å². The molecule has 3 rings (SSSR count). The third-order valence-corrected chi connectivity index (χ3v) is 5.28. The van der Waals surface area contributed by atoms with Crippen LogP contribution in [0.1, 0.15) is 27.2 Å². The van der Waals surface area contributed by atoms with Gasteiger partial charge in [0.05, 0.1) is 38.6 Å². The van der Waals surface area contributed by atoms with Crippen molar-refractivity contribution in [3.63, 3.8) is 0 Å². The zero-order valence-electron chi connectivity index (χ0n) is 20.8. The van der Waals surface area contributed by atoms with E-state index >= 15 is 0 Å². The number of hydrogen-bond acceptors (Lipinski definition) is 7. The second-order valence-electron chi connectivity index (χ2n) is 8.97. The third-order valence-electron chi connectivity index (χ3n) is 5.28. The van der Waals surface area contributed by atoms with E-state index in [-0.39, 0.29) is 24.8 Å². The number of benzene rings is 2. The maximum Gasteiger partial charge on any atom is 0.412 e. The van der Waals surface area contributed by atoms with Crippen LogP contribution in [0.3, 0.4) is 0 Å². The van der Waals surface area contributed by atoms with E-state index in [1.807, 2.05) is 0 Å². The summed E-state index contributed by atoms with van der Waals surface area (Å²) in [6.07, 6.45) is -0.603. The first-order chi connectivity index (χ1) is 16.5. The van der Waals surface area contributed by atoms with Gasteiger partial charge in [-0.25, -0.2) is 4.79 Å². The van der Waals surface area contributed by atoms with Gasteiger partial charge < -0.3 is 29.2 Å². The topological polar surface area (TPSA) is 115 Å². The Hall–Kier alpha value is -3.95. The predicted octanol–water partition coefficient (Wildman–Crippen LogP) is 4.05. The molecule has 0 spiro atoms. The summed E-state index contributed by atoms with van der Waals surface area (Å²) in [6.45, 7) is 5.46. The minimum absolute atomic E-state index is 0.0470. The average Bonchev–Trinajstić information content (AvgIpc) is 3.19. The van der Waals surface area contributed by atoms with Crippen molar-refractivity contribution >= 4 is 35.0 Å². The summed E-state index contributed by atoms with van der Waals surface area (Å²) in [4.78, 5) is 39.5. The highest BCUT2D eigenvalue weighted by molar-refractivity contribution is 6.04. The molecule has 1 atom stereocenters. The Morgan fingerprint density at radius 1 is 0.943 bits per heavy atom. The van der Waals surface area contributed by atoms with Gasteiger partial charge in [0.1, 0.15) is 22.8 Å². The Morgan fingerprint density at radius 3 is 2.26 bits per heavy atom. The molecule has 0 saturated carbocycles. The van der Waals surface area contributed by atoms with Crippen molar-refractivity contribution in [2.24, 2.45) is 5.92 Å². The summed E-state index contributed by atoms with van der Waals surface area (Å²) in [7, 11) is 4.52. The zero-order chi connectivity index (χ0) is 25.8. The summed E-state index contributed by atoms with van der Waals surface area (Å²) < 4.78 is 21.2. The quantitative estimate of drug-likeness (QED) is 0.608. The van der Waals surface area contributed by atoms with Gasteiger partial charge in [0.15, 0.2) is 0 Å². The molecule has 1 unspecified atom stereocenters.